The van der Waals surface area contributed by atoms with Gasteiger partial charge in [-0.2, -0.15) is 5.26 Å². The van der Waals surface area contributed by atoms with Crippen molar-refractivity contribution >= 4 is 11.8 Å². The Hall–Kier alpha value is -2.42. The first-order valence-corrected chi connectivity index (χ1v) is 9.31. The Balaban J connectivity index is 1.55. The molecule has 1 aliphatic heterocycles. The summed E-state index contributed by atoms with van der Waals surface area (Å²) in [6, 6.07) is 3.72. The number of piperazine rings is 1. The van der Waals surface area contributed by atoms with Gasteiger partial charge >= 0.3 is 0 Å². The molecule has 1 aliphatic carbocycles. The minimum atomic E-state index is -0.133. The summed E-state index contributed by atoms with van der Waals surface area (Å²) in [7, 11) is 0. The standard InChI is InChI=1S/C20H26N4O2/c1-4-20(3)10-15(11-20)18(25)23-5-7-24(8-6-23)19(26)17-9-14(2)16(12-21)13-22-17/h9,13,15H,4-8,10-11H2,1-3H3. The molecule has 2 fully saturated rings. The first-order valence-electron chi connectivity index (χ1n) is 9.31. The highest BCUT2D eigenvalue weighted by Gasteiger charge is 2.44. The van der Waals surface area contributed by atoms with Crippen molar-refractivity contribution in [3.63, 3.8) is 0 Å². The minimum Gasteiger partial charge on any atom is -0.339 e. The Bertz CT molecular complexity index is 754. The van der Waals surface area contributed by atoms with Crippen LogP contribution in [0.1, 0.15) is 54.7 Å². The molecular formula is C20H26N4O2. The molecule has 2 amide bonds. The molecule has 0 spiro atoms. The van der Waals surface area contributed by atoms with Crippen LogP contribution in [0.3, 0.4) is 0 Å². The third-order valence-corrected chi connectivity index (χ3v) is 6.01. The molecule has 2 aliphatic rings. The number of nitrogens with zero attached hydrogens (tertiary/aromatic N) is 4. The van der Waals surface area contributed by atoms with E-state index in [1.54, 1.807) is 17.9 Å². The highest BCUT2D eigenvalue weighted by atomic mass is 16.2. The van der Waals surface area contributed by atoms with E-state index in [1.165, 1.54) is 6.20 Å². The number of pyridine rings is 1. The summed E-state index contributed by atoms with van der Waals surface area (Å²) in [5.74, 6) is 0.271. The van der Waals surface area contributed by atoms with Crippen molar-refractivity contribution in [3.8, 4) is 6.07 Å². The van der Waals surface area contributed by atoms with Crippen molar-refractivity contribution in [2.45, 2.75) is 40.0 Å². The second kappa shape index (κ2) is 7.06. The average Bonchev–Trinajstić information content (AvgIpc) is 2.64. The number of rotatable bonds is 3. The third-order valence-electron chi connectivity index (χ3n) is 6.01. The molecule has 0 aromatic carbocycles. The molecule has 0 N–H and O–H groups in total. The van der Waals surface area contributed by atoms with Crippen LogP contribution in [-0.4, -0.2) is 52.8 Å². The molecular weight excluding hydrogens is 328 g/mol. The zero-order chi connectivity index (χ0) is 18.9. The maximum Gasteiger partial charge on any atom is 0.272 e. The third kappa shape index (κ3) is 3.44. The second-order valence-corrected chi connectivity index (χ2v) is 7.88. The Kier molecular flexibility index (Phi) is 4.99. The van der Waals surface area contributed by atoms with Crippen LogP contribution >= 0.6 is 0 Å². The molecule has 0 bridgehead atoms. The molecule has 2 heterocycles. The molecule has 138 valence electrons. The van der Waals surface area contributed by atoms with Crippen LogP contribution in [0.5, 0.6) is 0 Å². The zero-order valence-electron chi connectivity index (χ0n) is 15.8. The number of carbonyl (C=O) groups excluding carboxylic acids is 2. The summed E-state index contributed by atoms with van der Waals surface area (Å²) in [5, 5.41) is 8.97. The maximum absolute atomic E-state index is 12.6. The molecule has 0 radical (unpaired) electrons. The second-order valence-electron chi connectivity index (χ2n) is 7.88. The van der Waals surface area contributed by atoms with Gasteiger partial charge in [0.1, 0.15) is 11.8 Å². The summed E-state index contributed by atoms with van der Waals surface area (Å²) in [6.07, 6.45) is 4.53. The van der Waals surface area contributed by atoms with Gasteiger partial charge < -0.3 is 9.80 Å². The van der Waals surface area contributed by atoms with E-state index in [-0.39, 0.29) is 17.7 Å². The lowest BCUT2D eigenvalue weighted by Gasteiger charge is -2.46. The molecule has 1 aromatic rings. The number of amides is 2. The van der Waals surface area contributed by atoms with E-state index in [0.29, 0.717) is 42.9 Å². The average molecular weight is 354 g/mol. The van der Waals surface area contributed by atoms with E-state index >= 15 is 0 Å². The van der Waals surface area contributed by atoms with Gasteiger partial charge in [-0.05, 0) is 36.8 Å². The highest BCUT2D eigenvalue weighted by molar-refractivity contribution is 5.92. The fraction of sp³-hybridized carbons (Fsp3) is 0.600. The quantitative estimate of drug-likeness (QED) is 0.835. The molecule has 1 saturated heterocycles. The van der Waals surface area contributed by atoms with Gasteiger partial charge in [0.05, 0.1) is 5.56 Å². The van der Waals surface area contributed by atoms with E-state index in [4.69, 9.17) is 5.26 Å². The Morgan fingerprint density at radius 1 is 1.27 bits per heavy atom. The van der Waals surface area contributed by atoms with Gasteiger partial charge in [-0.25, -0.2) is 4.98 Å². The van der Waals surface area contributed by atoms with Gasteiger partial charge in [-0.3, -0.25) is 9.59 Å². The van der Waals surface area contributed by atoms with Crippen LogP contribution in [0.2, 0.25) is 0 Å². The summed E-state index contributed by atoms with van der Waals surface area (Å²) in [6.45, 7) is 8.46. The number of carbonyl (C=O) groups is 2. The Morgan fingerprint density at radius 3 is 2.42 bits per heavy atom. The van der Waals surface area contributed by atoms with Gasteiger partial charge in [0.2, 0.25) is 5.91 Å². The van der Waals surface area contributed by atoms with Crippen molar-refractivity contribution in [1.82, 2.24) is 14.8 Å². The first kappa shape index (κ1) is 18.4. The maximum atomic E-state index is 12.6. The van der Waals surface area contributed by atoms with Gasteiger partial charge in [0.15, 0.2) is 0 Å². The zero-order valence-corrected chi connectivity index (χ0v) is 15.8. The largest absolute Gasteiger partial charge is 0.339 e. The van der Waals surface area contributed by atoms with Crippen molar-refractivity contribution in [1.29, 1.82) is 5.26 Å². The monoisotopic (exact) mass is 354 g/mol. The number of nitriles is 1. The molecule has 6 heteroatoms. The normalized spacial score (nSPS) is 25.4. The van der Waals surface area contributed by atoms with Crippen molar-refractivity contribution in [3.05, 3.63) is 29.1 Å². The van der Waals surface area contributed by atoms with E-state index in [2.05, 4.69) is 24.9 Å². The van der Waals surface area contributed by atoms with E-state index in [0.717, 1.165) is 24.8 Å². The van der Waals surface area contributed by atoms with E-state index in [1.807, 2.05) is 4.90 Å². The van der Waals surface area contributed by atoms with Gasteiger partial charge in [-0.1, -0.05) is 20.3 Å². The predicted molar refractivity (Wildman–Crippen MR) is 97.3 cm³/mol. The number of hydrogen-bond acceptors (Lipinski definition) is 4. The van der Waals surface area contributed by atoms with Crippen molar-refractivity contribution in [2.75, 3.05) is 26.2 Å². The van der Waals surface area contributed by atoms with Gasteiger partial charge in [0, 0.05) is 38.3 Å². The smallest absolute Gasteiger partial charge is 0.272 e. The molecule has 6 nitrogen and oxygen atoms in total. The predicted octanol–water partition coefficient (Wildman–Crippen LogP) is 2.37. The SMILES string of the molecule is CCC1(C)CC(C(=O)N2CCN(C(=O)c3cc(C)c(C#N)cn3)CC2)C1. The van der Waals surface area contributed by atoms with Crippen LogP contribution in [0.25, 0.3) is 0 Å². The van der Waals surface area contributed by atoms with Gasteiger partial charge in [0.25, 0.3) is 5.91 Å². The number of aromatic nitrogens is 1. The Morgan fingerprint density at radius 2 is 1.88 bits per heavy atom. The number of aryl methyl sites for hydroxylation is 1. The highest BCUT2D eigenvalue weighted by Crippen LogP contribution is 2.48. The van der Waals surface area contributed by atoms with Gasteiger partial charge in [-0.15, -0.1) is 0 Å². The van der Waals surface area contributed by atoms with Crippen LogP contribution in [0.4, 0.5) is 0 Å². The lowest BCUT2D eigenvalue weighted by atomic mass is 9.61. The summed E-state index contributed by atoms with van der Waals surface area (Å²) < 4.78 is 0. The van der Waals surface area contributed by atoms with Crippen LogP contribution in [0.15, 0.2) is 12.3 Å². The van der Waals surface area contributed by atoms with Crippen LogP contribution < -0.4 is 0 Å². The summed E-state index contributed by atoms with van der Waals surface area (Å²) >= 11 is 0. The van der Waals surface area contributed by atoms with E-state index < -0.39 is 0 Å². The topological polar surface area (TPSA) is 77.3 Å². The lowest BCUT2D eigenvalue weighted by molar-refractivity contribution is -0.144. The summed E-state index contributed by atoms with van der Waals surface area (Å²) in [5.41, 5.74) is 1.93. The molecule has 1 saturated carbocycles. The van der Waals surface area contributed by atoms with Crippen molar-refractivity contribution in [2.24, 2.45) is 11.3 Å². The molecule has 0 unspecified atom stereocenters. The molecule has 26 heavy (non-hydrogen) atoms. The van der Waals surface area contributed by atoms with Crippen molar-refractivity contribution < 1.29 is 9.59 Å². The number of hydrogen-bond donors (Lipinski definition) is 0. The first-order chi connectivity index (χ1) is 12.4. The fourth-order valence-electron chi connectivity index (χ4n) is 3.93. The van der Waals surface area contributed by atoms with Crippen LogP contribution in [0, 0.1) is 29.6 Å². The Labute approximate surface area is 154 Å². The minimum absolute atomic E-state index is 0.133. The molecule has 1 aromatic heterocycles. The summed E-state index contributed by atoms with van der Waals surface area (Å²) in [4.78, 5) is 33.0. The fourth-order valence-corrected chi connectivity index (χ4v) is 3.93. The molecule has 0 atom stereocenters. The van der Waals surface area contributed by atoms with Crippen LogP contribution in [-0.2, 0) is 4.79 Å². The molecule has 3 rings (SSSR count). The lowest BCUT2D eigenvalue weighted by Crippen LogP contribution is -2.54. The van der Waals surface area contributed by atoms with E-state index in [9.17, 15) is 9.59 Å².